The van der Waals surface area contributed by atoms with Crippen molar-refractivity contribution in [3.05, 3.63) is 63.2 Å². The summed E-state index contributed by atoms with van der Waals surface area (Å²) in [6.45, 7) is -0.574. The molecule has 0 spiro atoms. The summed E-state index contributed by atoms with van der Waals surface area (Å²) < 4.78 is 30.1. The van der Waals surface area contributed by atoms with E-state index in [1.165, 1.54) is 43.5 Å². The van der Waals surface area contributed by atoms with Crippen LogP contribution in [0.25, 0.3) is 0 Å². The molecule has 0 aliphatic carbocycles. The molecule has 0 aromatic heterocycles. The van der Waals surface area contributed by atoms with E-state index in [9.17, 15) is 23.3 Å². The van der Waals surface area contributed by atoms with E-state index in [1.54, 1.807) is 6.07 Å². The van der Waals surface area contributed by atoms with Crippen LogP contribution in [0.15, 0.2) is 47.6 Å². The number of nitro benzene ring substituents is 1. The number of anilines is 1. The first-order valence-corrected chi connectivity index (χ1v) is 10.2. The van der Waals surface area contributed by atoms with Gasteiger partial charge in [-0.1, -0.05) is 23.7 Å². The average molecular weight is 441 g/mol. The van der Waals surface area contributed by atoms with Gasteiger partial charge in [0.1, 0.15) is 12.3 Å². The van der Waals surface area contributed by atoms with Gasteiger partial charge in [0.2, 0.25) is 10.0 Å². The smallest absolute Gasteiger partial charge is 0.278 e. The quantitative estimate of drug-likeness (QED) is 0.380. The van der Waals surface area contributed by atoms with Gasteiger partial charge in [-0.05, 0) is 24.3 Å². The summed E-state index contributed by atoms with van der Waals surface area (Å²) in [6, 6.07) is 10.1. The highest BCUT2D eigenvalue weighted by Crippen LogP contribution is 2.30. The largest absolute Gasteiger partial charge is 0.495 e. The van der Waals surface area contributed by atoms with Crippen molar-refractivity contribution in [2.45, 2.75) is 0 Å². The Bertz CT molecular complexity index is 1060. The Labute approximate surface area is 171 Å². The molecular weight excluding hydrogens is 424 g/mol. The molecule has 1 amide bonds. The molecule has 0 atom stereocenters. The van der Waals surface area contributed by atoms with Gasteiger partial charge in [-0.3, -0.25) is 19.2 Å². The van der Waals surface area contributed by atoms with Crippen molar-refractivity contribution in [1.29, 1.82) is 0 Å². The lowest BCUT2D eigenvalue weighted by molar-refractivity contribution is -0.385. The second kappa shape index (κ2) is 9.34. The van der Waals surface area contributed by atoms with Crippen LogP contribution in [-0.2, 0) is 14.8 Å². The minimum atomic E-state index is -3.81. The number of ether oxygens (including phenoxy) is 1. The number of carbonyl (C=O) groups excluding carboxylic acids is 1. The first kappa shape index (κ1) is 22.1. The van der Waals surface area contributed by atoms with Gasteiger partial charge in [-0.2, -0.15) is 5.10 Å². The number of hydrogen-bond acceptors (Lipinski definition) is 7. The maximum Gasteiger partial charge on any atom is 0.278 e. The van der Waals surface area contributed by atoms with Gasteiger partial charge in [-0.15, -0.1) is 0 Å². The number of amides is 1. The standard InChI is InChI=1S/C17H17ClN4O6S/c1-28-16-8-7-13(9-14(16)18)21(29(2,26)27)11-17(23)20-19-10-12-5-3-4-6-15(12)22(24)25/h3-10H,11H2,1-2H3,(H,20,23)/b19-10-. The summed E-state index contributed by atoms with van der Waals surface area (Å²) in [7, 11) is -2.40. The number of hydrogen-bond donors (Lipinski definition) is 1. The van der Waals surface area contributed by atoms with E-state index >= 15 is 0 Å². The van der Waals surface area contributed by atoms with Crippen molar-refractivity contribution in [2.75, 3.05) is 24.2 Å². The molecule has 154 valence electrons. The van der Waals surface area contributed by atoms with E-state index in [1.807, 2.05) is 0 Å². The fourth-order valence-corrected chi connectivity index (χ4v) is 3.41. The molecule has 0 saturated heterocycles. The number of nitrogens with one attached hydrogen (secondary N) is 1. The highest BCUT2D eigenvalue weighted by molar-refractivity contribution is 7.92. The van der Waals surface area contributed by atoms with Crippen molar-refractivity contribution in [3.63, 3.8) is 0 Å². The SMILES string of the molecule is COc1ccc(N(CC(=O)N/N=C\c2ccccc2[N+](=O)[O-])S(C)(=O)=O)cc1Cl. The van der Waals surface area contributed by atoms with Crippen LogP contribution in [0.3, 0.4) is 0 Å². The number of benzene rings is 2. The van der Waals surface area contributed by atoms with Crippen LogP contribution in [0.5, 0.6) is 5.75 Å². The predicted molar refractivity (Wildman–Crippen MR) is 109 cm³/mol. The molecule has 2 aromatic carbocycles. The van der Waals surface area contributed by atoms with Crippen LogP contribution in [0.2, 0.25) is 5.02 Å². The number of halogens is 1. The first-order valence-electron chi connectivity index (χ1n) is 8.00. The highest BCUT2D eigenvalue weighted by atomic mass is 35.5. The monoisotopic (exact) mass is 440 g/mol. The maximum absolute atomic E-state index is 12.2. The molecule has 10 nitrogen and oxygen atoms in total. The summed E-state index contributed by atoms with van der Waals surface area (Å²) in [5, 5.41) is 14.8. The molecule has 0 bridgehead atoms. The lowest BCUT2D eigenvalue weighted by Gasteiger charge is -2.21. The first-order chi connectivity index (χ1) is 13.6. The Morgan fingerprint density at radius 1 is 1.34 bits per heavy atom. The molecule has 29 heavy (non-hydrogen) atoms. The van der Waals surface area contributed by atoms with Gasteiger partial charge in [0.05, 0.1) is 40.8 Å². The second-order valence-corrected chi connectivity index (χ2v) is 8.01. The molecule has 2 rings (SSSR count). The molecule has 0 fully saturated rings. The fraction of sp³-hybridized carbons (Fsp3) is 0.176. The van der Waals surface area contributed by atoms with E-state index in [4.69, 9.17) is 16.3 Å². The lowest BCUT2D eigenvalue weighted by atomic mass is 10.2. The summed E-state index contributed by atoms with van der Waals surface area (Å²) >= 11 is 6.03. The lowest BCUT2D eigenvalue weighted by Crippen LogP contribution is -2.39. The topological polar surface area (TPSA) is 131 Å². The molecule has 2 aromatic rings. The van der Waals surface area contributed by atoms with E-state index in [0.29, 0.717) is 5.75 Å². The minimum Gasteiger partial charge on any atom is -0.495 e. The van der Waals surface area contributed by atoms with Gasteiger partial charge < -0.3 is 4.74 Å². The molecule has 1 N–H and O–H groups in total. The van der Waals surface area contributed by atoms with E-state index in [0.717, 1.165) is 16.8 Å². The van der Waals surface area contributed by atoms with Crippen LogP contribution in [0, 0.1) is 10.1 Å². The molecule has 0 heterocycles. The van der Waals surface area contributed by atoms with Gasteiger partial charge in [0.15, 0.2) is 0 Å². The number of nitro groups is 1. The van der Waals surface area contributed by atoms with Crippen LogP contribution in [0.4, 0.5) is 11.4 Å². The molecule has 0 saturated carbocycles. The Kier molecular flexibility index (Phi) is 7.13. The molecule has 12 heteroatoms. The number of carbonyl (C=O) groups is 1. The van der Waals surface area contributed by atoms with Crippen molar-refractivity contribution < 1.29 is 22.9 Å². The van der Waals surface area contributed by atoms with Gasteiger partial charge in [-0.25, -0.2) is 13.8 Å². The van der Waals surface area contributed by atoms with Crippen molar-refractivity contribution in [2.24, 2.45) is 5.10 Å². The Morgan fingerprint density at radius 2 is 2.03 bits per heavy atom. The Morgan fingerprint density at radius 3 is 2.62 bits per heavy atom. The number of sulfonamides is 1. The van der Waals surface area contributed by atoms with E-state index in [2.05, 4.69) is 10.5 Å². The maximum atomic E-state index is 12.2. The summed E-state index contributed by atoms with van der Waals surface area (Å²) in [5.74, 6) is -0.403. The van der Waals surface area contributed by atoms with E-state index < -0.39 is 27.4 Å². The normalized spacial score (nSPS) is 11.3. The van der Waals surface area contributed by atoms with Crippen LogP contribution < -0.4 is 14.5 Å². The Hall–Kier alpha value is -3.18. The predicted octanol–water partition coefficient (Wildman–Crippen LogP) is 2.17. The van der Waals surface area contributed by atoms with Crippen LogP contribution in [0.1, 0.15) is 5.56 Å². The Balaban J connectivity index is 2.16. The molecule has 0 aliphatic rings. The zero-order chi connectivity index (χ0) is 21.6. The fourth-order valence-electron chi connectivity index (χ4n) is 2.31. The number of rotatable bonds is 8. The third-order valence-corrected chi connectivity index (χ3v) is 5.07. The molecule has 0 radical (unpaired) electrons. The zero-order valence-corrected chi connectivity index (χ0v) is 17.0. The minimum absolute atomic E-state index is 0.163. The molecule has 0 aliphatic heterocycles. The molecule has 0 unspecified atom stereocenters. The van der Waals surface area contributed by atoms with Crippen molar-refractivity contribution in [3.8, 4) is 5.75 Å². The van der Waals surface area contributed by atoms with Gasteiger partial charge in [0.25, 0.3) is 11.6 Å². The third-order valence-electron chi connectivity index (χ3n) is 3.64. The number of methoxy groups -OCH3 is 1. The average Bonchev–Trinajstić information content (AvgIpc) is 2.65. The zero-order valence-electron chi connectivity index (χ0n) is 15.4. The molecular formula is C17H17ClN4O6S. The van der Waals surface area contributed by atoms with E-state index in [-0.39, 0.29) is 22.0 Å². The number of nitrogens with zero attached hydrogens (tertiary/aromatic N) is 3. The number of hydrazone groups is 1. The van der Waals surface area contributed by atoms with Crippen molar-refractivity contribution >= 4 is 45.1 Å². The van der Waals surface area contributed by atoms with Crippen molar-refractivity contribution in [1.82, 2.24) is 5.43 Å². The number of para-hydroxylation sites is 1. The van der Waals surface area contributed by atoms with Crippen LogP contribution >= 0.6 is 11.6 Å². The summed E-state index contributed by atoms with van der Waals surface area (Å²) in [6.07, 6.45) is 2.04. The van der Waals surface area contributed by atoms with Gasteiger partial charge >= 0.3 is 0 Å². The van der Waals surface area contributed by atoms with Crippen LogP contribution in [-0.4, -0.2) is 45.4 Å². The highest BCUT2D eigenvalue weighted by Gasteiger charge is 2.22. The third kappa shape index (κ3) is 5.90. The second-order valence-electron chi connectivity index (χ2n) is 5.70. The summed E-state index contributed by atoms with van der Waals surface area (Å²) in [4.78, 5) is 22.6. The van der Waals surface area contributed by atoms with Gasteiger partial charge in [0, 0.05) is 6.07 Å². The summed E-state index contributed by atoms with van der Waals surface area (Å²) in [5.41, 5.74) is 2.31.